The van der Waals surface area contributed by atoms with Gasteiger partial charge in [-0.2, -0.15) is 0 Å². The van der Waals surface area contributed by atoms with Crippen LogP contribution in [0, 0.1) is 24.0 Å². The maximum atomic E-state index is 12.7. The predicted molar refractivity (Wildman–Crippen MR) is 86.8 cm³/mol. The first-order valence-electron chi connectivity index (χ1n) is 7.73. The number of urea groups is 1. The number of nitro benzene ring substituents is 1. The van der Waals surface area contributed by atoms with Gasteiger partial charge in [0.25, 0.3) is 5.69 Å². The third kappa shape index (κ3) is 2.82. The summed E-state index contributed by atoms with van der Waals surface area (Å²) in [7, 11) is 0. The van der Waals surface area contributed by atoms with E-state index in [1.807, 2.05) is 13.8 Å². The first-order chi connectivity index (χ1) is 11.5. The van der Waals surface area contributed by atoms with Crippen LogP contribution in [0.5, 0.6) is 0 Å². The van der Waals surface area contributed by atoms with E-state index in [1.165, 1.54) is 12.1 Å². The molecule has 1 N–H and O–H groups in total. The molecule has 0 aliphatic carbocycles. The van der Waals surface area contributed by atoms with Crippen LogP contribution in [0.4, 0.5) is 16.2 Å². The predicted octanol–water partition coefficient (Wildman–Crippen LogP) is 3.57. The highest BCUT2D eigenvalue weighted by molar-refractivity contribution is 5.92. The summed E-state index contributed by atoms with van der Waals surface area (Å²) >= 11 is 0. The lowest BCUT2D eigenvalue weighted by Gasteiger charge is -2.25. The van der Waals surface area contributed by atoms with Gasteiger partial charge in [-0.3, -0.25) is 10.1 Å². The number of carbonyl (C=O) groups excluding carboxylic acids is 1. The lowest BCUT2D eigenvalue weighted by Crippen LogP contribution is -2.35. The molecule has 0 saturated carbocycles. The summed E-state index contributed by atoms with van der Waals surface area (Å²) in [5, 5.41) is 17.7. The van der Waals surface area contributed by atoms with Crippen molar-refractivity contribution >= 4 is 17.4 Å². The number of hydrogen-bond acceptors (Lipinski definition) is 5. The minimum Gasteiger partial charge on any atom is -0.361 e. The summed E-state index contributed by atoms with van der Waals surface area (Å²) in [6.07, 6.45) is 1.67. The summed E-state index contributed by atoms with van der Waals surface area (Å²) in [6, 6.07) is 5.63. The van der Waals surface area contributed by atoms with Crippen molar-refractivity contribution in [3.63, 3.8) is 0 Å². The average molecular weight is 330 g/mol. The van der Waals surface area contributed by atoms with Crippen LogP contribution < -0.4 is 5.32 Å². The number of nitrogens with one attached hydrogen (secondary N) is 1. The van der Waals surface area contributed by atoms with Crippen molar-refractivity contribution in [1.29, 1.82) is 0 Å². The Kier molecular flexibility index (Phi) is 4.20. The molecule has 1 saturated heterocycles. The maximum Gasteiger partial charge on any atom is 0.322 e. The normalized spacial score (nSPS) is 17.1. The van der Waals surface area contributed by atoms with Crippen molar-refractivity contribution in [2.45, 2.75) is 32.7 Å². The summed E-state index contributed by atoms with van der Waals surface area (Å²) < 4.78 is 5.21. The van der Waals surface area contributed by atoms with Gasteiger partial charge >= 0.3 is 6.03 Å². The summed E-state index contributed by atoms with van der Waals surface area (Å²) in [4.78, 5) is 24.9. The van der Waals surface area contributed by atoms with Crippen molar-refractivity contribution in [3.05, 3.63) is 51.4 Å². The number of rotatable bonds is 3. The van der Waals surface area contributed by atoms with Crippen LogP contribution in [0.25, 0.3) is 0 Å². The summed E-state index contributed by atoms with van der Waals surface area (Å²) in [6.45, 7) is 4.26. The van der Waals surface area contributed by atoms with Gasteiger partial charge in [0, 0.05) is 18.2 Å². The van der Waals surface area contributed by atoms with Gasteiger partial charge in [0.1, 0.15) is 11.4 Å². The van der Waals surface area contributed by atoms with Crippen LogP contribution in [-0.2, 0) is 0 Å². The SMILES string of the molecule is Cc1noc(C)c1C1CCCN1C(=O)Nc1ccccc1[N+](=O)[O-]. The standard InChI is InChI=1S/C16H18N4O4/c1-10-15(11(2)24-18-10)14-8-5-9-19(14)16(21)17-12-6-3-4-7-13(12)20(22)23/h3-4,6-7,14H,5,8-9H2,1-2H3,(H,17,21). The quantitative estimate of drug-likeness (QED) is 0.684. The van der Waals surface area contributed by atoms with Crippen molar-refractivity contribution in [2.75, 3.05) is 11.9 Å². The largest absolute Gasteiger partial charge is 0.361 e. The molecule has 2 aromatic rings. The van der Waals surface area contributed by atoms with Crippen molar-refractivity contribution in [2.24, 2.45) is 0 Å². The first-order valence-corrected chi connectivity index (χ1v) is 7.73. The Hall–Kier alpha value is -2.90. The Morgan fingerprint density at radius 3 is 2.83 bits per heavy atom. The van der Waals surface area contributed by atoms with Gasteiger partial charge in [0.2, 0.25) is 0 Å². The molecule has 0 radical (unpaired) electrons. The zero-order chi connectivity index (χ0) is 17.3. The number of aromatic nitrogens is 1. The van der Waals surface area contributed by atoms with Crippen LogP contribution in [0.15, 0.2) is 28.8 Å². The van der Waals surface area contributed by atoms with E-state index < -0.39 is 4.92 Å². The van der Waals surface area contributed by atoms with Gasteiger partial charge in [0.15, 0.2) is 0 Å². The van der Waals surface area contributed by atoms with Crippen molar-refractivity contribution in [3.8, 4) is 0 Å². The number of anilines is 1. The number of carbonyl (C=O) groups is 1. The summed E-state index contributed by atoms with van der Waals surface area (Å²) in [5.74, 6) is 0.697. The molecular weight excluding hydrogens is 312 g/mol. The molecule has 1 aromatic heterocycles. The van der Waals surface area contributed by atoms with Crippen LogP contribution in [0.2, 0.25) is 0 Å². The Morgan fingerprint density at radius 1 is 1.42 bits per heavy atom. The number of nitrogens with zero attached hydrogens (tertiary/aromatic N) is 3. The lowest BCUT2D eigenvalue weighted by atomic mass is 10.0. The van der Waals surface area contributed by atoms with E-state index in [2.05, 4.69) is 10.5 Å². The molecule has 1 atom stereocenters. The molecule has 8 nitrogen and oxygen atoms in total. The molecule has 3 rings (SSSR count). The lowest BCUT2D eigenvalue weighted by molar-refractivity contribution is -0.383. The van der Waals surface area contributed by atoms with Crippen molar-refractivity contribution in [1.82, 2.24) is 10.1 Å². The molecule has 126 valence electrons. The second-order valence-corrected chi connectivity index (χ2v) is 5.79. The molecule has 24 heavy (non-hydrogen) atoms. The summed E-state index contributed by atoms with van der Waals surface area (Å²) in [5.41, 5.74) is 1.75. The average Bonchev–Trinajstić information content (AvgIpc) is 3.14. The van der Waals surface area contributed by atoms with E-state index in [1.54, 1.807) is 17.0 Å². The Balaban J connectivity index is 1.84. The molecule has 1 fully saturated rings. The van der Waals surface area contributed by atoms with Crippen LogP contribution in [0.1, 0.15) is 35.9 Å². The Labute approximate surface area is 138 Å². The van der Waals surface area contributed by atoms with Crippen LogP contribution >= 0.6 is 0 Å². The smallest absolute Gasteiger partial charge is 0.322 e. The Morgan fingerprint density at radius 2 is 2.17 bits per heavy atom. The van der Waals surface area contributed by atoms with E-state index in [4.69, 9.17) is 4.52 Å². The van der Waals surface area contributed by atoms with E-state index >= 15 is 0 Å². The number of para-hydroxylation sites is 2. The highest BCUT2D eigenvalue weighted by atomic mass is 16.6. The molecule has 0 spiro atoms. The number of likely N-dealkylation sites (tertiary alicyclic amines) is 1. The van der Waals surface area contributed by atoms with Crippen molar-refractivity contribution < 1.29 is 14.2 Å². The molecule has 1 aromatic carbocycles. The second kappa shape index (κ2) is 6.31. The molecular formula is C16H18N4O4. The molecule has 1 unspecified atom stereocenters. The molecule has 2 amide bonds. The molecule has 1 aliphatic heterocycles. The van der Waals surface area contributed by atoms with E-state index in [0.717, 1.165) is 24.1 Å². The van der Waals surface area contributed by atoms with E-state index in [9.17, 15) is 14.9 Å². The van der Waals surface area contributed by atoms with Gasteiger partial charge in [-0.25, -0.2) is 4.79 Å². The Bertz CT molecular complexity index is 767. The van der Waals surface area contributed by atoms with E-state index in [-0.39, 0.29) is 23.4 Å². The van der Waals surface area contributed by atoms with Gasteiger partial charge < -0.3 is 14.7 Å². The molecule has 8 heteroatoms. The highest BCUT2D eigenvalue weighted by Crippen LogP contribution is 2.36. The molecule has 2 heterocycles. The van der Waals surface area contributed by atoms with Gasteiger partial charge in [-0.15, -0.1) is 0 Å². The zero-order valence-corrected chi connectivity index (χ0v) is 13.5. The monoisotopic (exact) mass is 330 g/mol. The third-order valence-corrected chi connectivity index (χ3v) is 4.28. The van der Waals surface area contributed by atoms with Gasteiger partial charge in [-0.05, 0) is 32.8 Å². The van der Waals surface area contributed by atoms with Crippen LogP contribution in [-0.4, -0.2) is 27.6 Å². The van der Waals surface area contributed by atoms with Gasteiger partial charge in [0.05, 0.1) is 16.7 Å². The maximum absolute atomic E-state index is 12.7. The number of hydrogen-bond donors (Lipinski definition) is 1. The van der Waals surface area contributed by atoms with E-state index in [0.29, 0.717) is 12.3 Å². The minimum absolute atomic E-state index is 0.126. The number of benzene rings is 1. The fraction of sp³-hybridized carbons (Fsp3) is 0.375. The molecule has 1 aliphatic rings. The molecule has 0 bridgehead atoms. The zero-order valence-electron chi connectivity index (χ0n) is 13.5. The number of aryl methyl sites for hydroxylation is 2. The fourth-order valence-corrected chi connectivity index (χ4v) is 3.20. The minimum atomic E-state index is -0.509. The van der Waals surface area contributed by atoms with Gasteiger partial charge in [-0.1, -0.05) is 17.3 Å². The first kappa shape index (κ1) is 16.0. The third-order valence-electron chi connectivity index (χ3n) is 4.28. The number of amides is 2. The number of nitro groups is 1. The van der Waals surface area contributed by atoms with Crippen LogP contribution in [0.3, 0.4) is 0 Å². The highest BCUT2D eigenvalue weighted by Gasteiger charge is 2.34. The topological polar surface area (TPSA) is 102 Å². The fourth-order valence-electron chi connectivity index (χ4n) is 3.20. The second-order valence-electron chi connectivity index (χ2n) is 5.79.